The Morgan fingerprint density at radius 2 is 2.05 bits per heavy atom. The van der Waals surface area contributed by atoms with Crippen LogP contribution >= 0.6 is 0 Å². The largest absolute Gasteiger partial charge is 0.352 e. The molecule has 0 aliphatic carbocycles. The maximum Gasteiger partial charge on any atom is 0.240 e. The molecule has 2 aromatic rings. The zero-order valence-electron chi connectivity index (χ0n) is 11.5. The summed E-state index contributed by atoms with van der Waals surface area (Å²) in [6.45, 7) is 6.32. The SMILES string of the molecule is CC(C)C(C)NC(=O)Cn1ccc2ccc(F)cc21. The van der Waals surface area contributed by atoms with E-state index in [4.69, 9.17) is 0 Å². The Bertz CT molecular complexity index is 589. The van der Waals surface area contributed by atoms with Crippen LogP contribution in [-0.2, 0) is 11.3 Å². The van der Waals surface area contributed by atoms with Gasteiger partial charge in [-0.25, -0.2) is 4.39 Å². The van der Waals surface area contributed by atoms with Crippen molar-refractivity contribution in [2.75, 3.05) is 0 Å². The molecule has 0 bridgehead atoms. The monoisotopic (exact) mass is 262 g/mol. The summed E-state index contributed by atoms with van der Waals surface area (Å²) in [5.41, 5.74) is 0.743. The molecule has 102 valence electrons. The highest BCUT2D eigenvalue weighted by Crippen LogP contribution is 2.17. The molecule has 0 spiro atoms. The van der Waals surface area contributed by atoms with Crippen LogP contribution in [0.2, 0.25) is 0 Å². The van der Waals surface area contributed by atoms with Crippen molar-refractivity contribution in [3.05, 3.63) is 36.3 Å². The minimum atomic E-state index is -0.289. The number of carbonyl (C=O) groups excluding carboxylic acids is 1. The van der Waals surface area contributed by atoms with Crippen molar-refractivity contribution < 1.29 is 9.18 Å². The van der Waals surface area contributed by atoms with Gasteiger partial charge in [-0.3, -0.25) is 4.79 Å². The van der Waals surface area contributed by atoms with E-state index in [0.29, 0.717) is 5.92 Å². The summed E-state index contributed by atoms with van der Waals surface area (Å²) < 4.78 is 15.0. The van der Waals surface area contributed by atoms with Crippen LogP contribution in [0.15, 0.2) is 30.5 Å². The molecule has 0 aliphatic rings. The molecular weight excluding hydrogens is 243 g/mol. The molecule has 1 amide bonds. The molecule has 1 heterocycles. The van der Waals surface area contributed by atoms with Crippen LogP contribution in [0.25, 0.3) is 10.9 Å². The second kappa shape index (κ2) is 5.43. The van der Waals surface area contributed by atoms with Crippen LogP contribution in [0.4, 0.5) is 4.39 Å². The second-order valence-electron chi connectivity index (χ2n) is 5.25. The molecule has 0 aliphatic heterocycles. The average molecular weight is 262 g/mol. The Morgan fingerprint density at radius 3 is 2.74 bits per heavy atom. The lowest BCUT2D eigenvalue weighted by Crippen LogP contribution is -2.38. The highest BCUT2D eigenvalue weighted by Gasteiger charge is 2.12. The summed E-state index contributed by atoms with van der Waals surface area (Å²) >= 11 is 0. The maximum atomic E-state index is 13.2. The van der Waals surface area contributed by atoms with Crippen molar-refractivity contribution in [3.63, 3.8) is 0 Å². The normalized spacial score (nSPS) is 12.9. The van der Waals surface area contributed by atoms with Crippen LogP contribution < -0.4 is 5.32 Å². The van der Waals surface area contributed by atoms with E-state index in [-0.39, 0.29) is 24.3 Å². The first-order valence-corrected chi connectivity index (χ1v) is 6.51. The molecule has 1 unspecified atom stereocenters. The van der Waals surface area contributed by atoms with E-state index in [1.165, 1.54) is 12.1 Å². The third-order valence-corrected chi connectivity index (χ3v) is 3.44. The molecule has 0 radical (unpaired) electrons. The summed E-state index contributed by atoms with van der Waals surface area (Å²) in [7, 11) is 0. The number of nitrogens with zero attached hydrogens (tertiary/aromatic N) is 1. The fraction of sp³-hybridized carbons (Fsp3) is 0.400. The van der Waals surface area contributed by atoms with Gasteiger partial charge in [0.15, 0.2) is 0 Å². The second-order valence-corrected chi connectivity index (χ2v) is 5.25. The molecule has 1 atom stereocenters. The quantitative estimate of drug-likeness (QED) is 0.903. The fourth-order valence-electron chi connectivity index (χ4n) is 1.92. The van der Waals surface area contributed by atoms with Crippen molar-refractivity contribution in [1.29, 1.82) is 0 Å². The molecule has 3 nitrogen and oxygen atoms in total. The molecule has 0 saturated carbocycles. The van der Waals surface area contributed by atoms with Crippen molar-refractivity contribution >= 4 is 16.8 Å². The highest BCUT2D eigenvalue weighted by molar-refractivity contribution is 5.83. The summed E-state index contributed by atoms with van der Waals surface area (Å²) in [5, 5.41) is 3.88. The van der Waals surface area contributed by atoms with E-state index in [2.05, 4.69) is 19.2 Å². The zero-order chi connectivity index (χ0) is 14.0. The van der Waals surface area contributed by atoms with Crippen molar-refractivity contribution in [1.82, 2.24) is 9.88 Å². The third-order valence-electron chi connectivity index (χ3n) is 3.44. The minimum Gasteiger partial charge on any atom is -0.352 e. The van der Waals surface area contributed by atoms with Crippen molar-refractivity contribution in [2.45, 2.75) is 33.4 Å². The zero-order valence-corrected chi connectivity index (χ0v) is 11.5. The number of nitrogens with one attached hydrogen (secondary N) is 1. The van der Waals surface area contributed by atoms with Gasteiger partial charge in [-0.1, -0.05) is 13.8 Å². The van der Waals surface area contributed by atoms with Gasteiger partial charge in [0.2, 0.25) is 5.91 Å². The highest BCUT2D eigenvalue weighted by atomic mass is 19.1. The lowest BCUT2D eigenvalue weighted by Gasteiger charge is -2.17. The molecule has 1 N–H and O–H groups in total. The number of fused-ring (bicyclic) bond motifs is 1. The predicted molar refractivity (Wildman–Crippen MR) is 74.3 cm³/mol. The predicted octanol–water partition coefficient (Wildman–Crippen LogP) is 2.94. The van der Waals surface area contributed by atoms with E-state index in [1.807, 2.05) is 19.2 Å². The lowest BCUT2D eigenvalue weighted by molar-refractivity contribution is -0.122. The van der Waals surface area contributed by atoms with Gasteiger partial charge in [-0.15, -0.1) is 0 Å². The molecule has 0 saturated heterocycles. The molecule has 2 rings (SSSR count). The number of carbonyl (C=O) groups is 1. The average Bonchev–Trinajstić information content (AvgIpc) is 2.71. The van der Waals surface area contributed by atoms with Crippen molar-refractivity contribution in [2.24, 2.45) is 5.92 Å². The van der Waals surface area contributed by atoms with Crippen LogP contribution in [0.5, 0.6) is 0 Å². The van der Waals surface area contributed by atoms with Gasteiger partial charge in [0, 0.05) is 12.2 Å². The number of rotatable bonds is 4. The topological polar surface area (TPSA) is 34.0 Å². The number of hydrogen-bond acceptors (Lipinski definition) is 1. The van der Waals surface area contributed by atoms with Gasteiger partial charge in [0.05, 0.1) is 5.52 Å². The smallest absolute Gasteiger partial charge is 0.240 e. The Labute approximate surface area is 112 Å². The minimum absolute atomic E-state index is 0.0528. The summed E-state index contributed by atoms with van der Waals surface area (Å²) in [5.74, 6) is 0.0502. The van der Waals surface area contributed by atoms with Crippen LogP contribution in [0.3, 0.4) is 0 Å². The van der Waals surface area contributed by atoms with Crippen LogP contribution in [-0.4, -0.2) is 16.5 Å². The van der Waals surface area contributed by atoms with Gasteiger partial charge < -0.3 is 9.88 Å². The molecule has 1 aromatic heterocycles. The number of hydrogen-bond donors (Lipinski definition) is 1. The van der Waals surface area contributed by atoms with E-state index < -0.39 is 0 Å². The standard InChI is InChI=1S/C15H19FN2O/c1-10(2)11(3)17-15(19)9-18-7-6-12-4-5-13(16)8-14(12)18/h4-8,10-11H,9H2,1-3H3,(H,17,19). The van der Waals surface area contributed by atoms with E-state index in [0.717, 1.165) is 10.9 Å². The van der Waals surface area contributed by atoms with Gasteiger partial charge >= 0.3 is 0 Å². The number of amides is 1. The third kappa shape index (κ3) is 3.13. The van der Waals surface area contributed by atoms with E-state index in [9.17, 15) is 9.18 Å². The Kier molecular flexibility index (Phi) is 3.88. The first-order chi connectivity index (χ1) is 8.97. The van der Waals surface area contributed by atoms with Crippen LogP contribution in [0.1, 0.15) is 20.8 Å². The Morgan fingerprint density at radius 1 is 1.32 bits per heavy atom. The Hall–Kier alpha value is -1.84. The summed E-state index contributed by atoms with van der Waals surface area (Å²) in [6.07, 6.45) is 1.81. The number of halogens is 1. The molecular formula is C15H19FN2O. The van der Waals surface area contributed by atoms with Crippen LogP contribution in [0, 0.1) is 11.7 Å². The first-order valence-electron chi connectivity index (χ1n) is 6.51. The molecule has 4 heteroatoms. The molecule has 0 fully saturated rings. The van der Waals surface area contributed by atoms with Gasteiger partial charge in [-0.2, -0.15) is 0 Å². The lowest BCUT2D eigenvalue weighted by atomic mass is 10.1. The van der Waals surface area contributed by atoms with Crippen molar-refractivity contribution in [3.8, 4) is 0 Å². The molecule has 19 heavy (non-hydrogen) atoms. The van der Waals surface area contributed by atoms with Gasteiger partial charge in [-0.05, 0) is 42.5 Å². The molecule has 1 aromatic carbocycles. The van der Waals surface area contributed by atoms with Gasteiger partial charge in [0.25, 0.3) is 0 Å². The Balaban J connectivity index is 2.13. The maximum absolute atomic E-state index is 13.2. The number of benzene rings is 1. The van der Waals surface area contributed by atoms with Gasteiger partial charge in [0.1, 0.15) is 12.4 Å². The summed E-state index contributed by atoms with van der Waals surface area (Å²) in [4.78, 5) is 11.9. The van der Waals surface area contributed by atoms with E-state index >= 15 is 0 Å². The van der Waals surface area contributed by atoms with E-state index in [1.54, 1.807) is 10.6 Å². The summed E-state index contributed by atoms with van der Waals surface area (Å²) in [6, 6.07) is 6.61. The fourth-order valence-corrected chi connectivity index (χ4v) is 1.92. The first kappa shape index (κ1) is 13.6. The number of aromatic nitrogens is 1.